The van der Waals surface area contributed by atoms with Crippen LogP contribution in [0.25, 0.3) is 0 Å². The molecule has 24 heavy (non-hydrogen) atoms. The molecule has 2 aromatic rings. The number of hydrogen-bond acceptors (Lipinski definition) is 3. The summed E-state index contributed by atoms with van der Waals surface area (Å²) in [5.41, 5.74) is 1.64. The molecule has 0 saturated carbocycles. The number of aromatic nitrogens is 3. The number of hydrogen-bond donors (Lipinski definition) is 2. The largest absolute Gasteiger partial charge is 0.328 e. The molecule has 1 aromatic heterocycles. The molecule has 2 amide bonds. The van der Waals surface area contributed by atoms with Crippen LogP contribution in [0.2, 0.25) is 5.02 Å². The number of anilines is 1. The van der Waals surface area contributed by atoms with Gasteiger partial charge >= 0.3 is 6.03 Å². The number of nitrogens with one attached hydrogen (secondary N) is 2. The molecule has 3 rings (SSSR count). The van der Waals surface area contributed by atoms with E-state index in [-0.39, 0.29) is 18.0 Å². The molecule has 0 saturated heterocycles. The Morgan fingerprint density at radius 1 is 1.33 bits per heavy atom. The van der Waals surface area contributed by atoms with Crippen molar-refractivity contribution in [2.24, 2.45) is 5.92 Å². The Bertz CT molecular complexity index is 755. The van der Waals surface area contributed by atoms with Crippen LogP contribution in [0.15, 0.2) is 18.2 Å². The molecule has 1 aliphatic rings. The van der Waals surface area contributed by atoms with Crippen molar-refractivity contribution in [3.05, 3.63) is 40.4 Å². The maximum atomic E-state index is 12.4. The minimum absolute atomic E-state index is 0.190. The van der Waals surface area contributed by atoms with Gasteiger partial charge in [-0.25, -0.2) is 4.79 Å². The highest BCUT2D eigenvalue weighted by Gasteiger charge is 2.27. The lowest BCUT2D eigenvalue weighted by Crippen LogP contribution is -2.36. The summed E-state index contributed by atoms with van der Waals surface area (Å²) in [7, 11) is 0. The summed E-state index contributed by atoms with van der Waals surface area (Å²) >= 11 is 6.11. The lowest BCUT2D eigenvalue weighted by molar-refractivity contribution is 0.243. The summed E-state index contributed by atoms with van der Waals surface area (Å²) in [5.74, 6) is 2.03. The third-order valence-corrected chi connectivity index (χ3v) is 4.71. The molecular weight excluding hydrogens is 326 g/mol. The van der Waals surface area contributed by atoms with Crippen molar-refractivity contribution < 1.29 is 4.79 Å². The van der Waals surface area contributed by atoms with E-state index < -0.39 is 0 Å². The van der Waals surface area contributed by atoms with Crippen LogP contribution in [0.4, 0.5) is 10.5 Å². The minimum atomic E-state index is -0.274. The summed E-state index contributed by atoms with van der Waals surface area (Å²) in [4.78, 5) is 12.4. The topological polar surface area (TPSA) is 71.8 Å². The maximum Gasteiger partial charge on any atom is 0.319 e. The second-order valence-electron chi connectivity index (χ2n) is 6.51. The summed E-state index contributed by atoms with van der Waals surface area (Å²) in [6.45, 7) is 6.96. The van der Waals surface area contributed by atoms with E-state index in [4.69, 9.17) is 11.6 Å². The fourth-order valence-electron chi connectivity index (χ4n) is 2.91. The molecule has 1 aliphatic heterocycles. The number of benzene rings is 1. The SMILES string of the molecule is Cc1ccc(NC(=O)NC(c2nnc3n2CCC3)C(C)C)cc1Cl. The van der Waals surface area contributed by atoms with Gasteiger partial charge in [-0.3, -0.25) is 0 Å². The van der Waals surface area contributed by atoms with E-state index in [0.29, 0.717) is 10.7 Å². The third kappa shape index (κ3) is 3.38. The van der Waals surface area contributed by atoms with E-state index >= 15 is 0 Å². The van der Waals surface area contributed by atoms with Crippen LogP contribution in [0.3, 0.4) is 0 Å². The average Bonchev–Trinajstić information content (AvgIpc) is 3.12. The second kappa shape index (κ2) is 6.81. The molecular formula is C17H22ClN5O. The molecule has 1 aromatic carbocycles. The predicted molar refractivity (Wildman–Crippen MR) is 94.3 cm³/mol. The van der Waals surface area contributed by atoms with Crippen molar-refractivity contribution in [2.75, 3.05) is 5.32 Å². The molecule has 128 valence electrons. The number of fused-ring (bicyclic) bond motifs is 1. The van der Waals surface area contributed by atoms with Crippen molar-refractivity contribution in [3.63, 3.8) is 0 Å². The second-order valence-corrected chi connectivity index (χ2v) is 6.92. The van der Waals surface area contributed by atoms with Gasteiger partial charge in [-0.15, -0.1) is 10.2 Å². The molecule has 7 heteroatoms. The minimum Gasteiger partial charge on any atom is -0.328 e. The van der Waals surface area contributed by atoms with Gasteiger partial charge in [0.25, 0.3) is 0 Å². The number of carbonyl (C=O) groups excluding carboxylic acids is 1. The Balaban J connectivity index is 1.73. The first kappa shape index (κ1) is 16.8. The number of halogens is 1. The first-order valence-electron chi connectivity index (χ1n) is 8.21. The monoisotopic (exact) mass is 347 g/mol. The highest BCUT2D eigenvalue weighted by atomic mass is 35.5. The van der Waals surface area contributed by atoms with E-state index in [1.807, 2.05) is 19.1 Å². The molecule has 0 spiro atoms. The Hall–Kier alpha value is -2.08. The quantitative estimate of drug-likeness (QED) is 0.885. The third-order valence-electron chi connectivity index (χ3n) is 4.30. The van der Waals surface area contributed by atoms with Crippen LogP contribution in [0, 0.1) is 12.8 Å². The Labute approximate surface area is 146 Å². The molecule has 6 nitrogen and oxygen atoms in total. The fraction of sp³-hybridized carbons (Fsp3) is 0.471. The van der Waals surface area contributed by atoms with Crippen molar-refractivity contribution in [1.82, 2.24) is 20.1 Å². The van der Waals surface area contributed by atoms with Gasteiger partial charge < -0.3 is 15.2 Å². The van der Waals surface area contributed by atoms with Crippen LogP contribution < -0.4 is 10.6 Å². The number of urea groups is 1. The van der Waals surface area contributed by atoms with Gasteiger partial charge in [0.2, 0.25) is 0 Å². The van der Waals surface area contributed by atoms with Crippen molar-refractivity contribution >= 4 is 23.3 Å². The molecule has 1 unspecified atom stereocenters. The lowest BCUT2D eigenvalue weighted by atomic mass is 10.0. The Morgan fingerprint density at radius 2 is 2.12 bits per heavy atom. The number of nitrogens with zero attached hydrogens (tertiary/aromatic N) is 3. The number of amides is 2. The Morgan fingerprint density at radius 3 is 2.83 bits per heavy atom. The van der Waals surface area contributed by atoms with Crippen molar-refractivity contribution in [1.29, 1.82) is 0 Å². The number of aryl methyl sites for hydroxylation is 2. The van der Waals surface area contributed by atoms with Gasteiger partial charge in [0.05, 0.1) is 6.04 Å². The molecule has 2 N–H and O–H groups in total. The van der Waals surface area contributed by atoms with Crippen LogP contribution in [-0.2, 0) is 13.0 Å². The first-order valence-corrected chi connectivity index (χ1v) is 8.59. The van der Waals surface area contributed by atoms with E-state index in [1.54, 1.807) is 6.07 Å². The fourth-order valence-corrected chi connectivity index (χ4v) is 3.09. The highest BCUT2D eigenvalue weighted by Crippen LogP contribution is 2.25. The summed E-state index contributed by atoms with van der Waals surface area (Å²) in [6, 6.07) is 4.99. The van der Waals surface area contributed by atoms with Gasteiger partial charge in [-0.1, -0.05) is 31.5 Å². The highest BCUT2D eigenvalue weighted by molar-refractivity contribution is 6.31. The first-order chi connectivity index (χ1) is 11.5. The van der Waals surface area contributed by atoms with Gasteiger partial charge in [0, 0.05) is 23.7 Å². The zero-order valence-electron chi connectivity index (χ0n) is 14.1. The summed E-state index contributed by atoms with van der Waals surface area (Å²) < 4.78 is 2.12. The van der Waals surface area contributed by atoms with Crippen molar-refractivity contribution in [3.8, 4) is 0 Å². The van der Waals surface area contributed by atoms with E-state index in [2.05, 4.69) is 39.2 Å². The van der Waals surface area contributed by atoms with Crippen molar-refractivity contribution in [2.45, 2.75) is 46.2 Å². The molecule has 0 aliphatic carbocycles. The van der Waals surface area contributed by atoms with Gasteiger partial charge in [-0.2, -0.15) is 0 Å². The Kier molecular flexibility index (Phi) is 4.76. The van der Waals surface area contributed by atoms with Crippen LogP contribution in [0.1, 0.15) is 43.5 Å². The lowest BCUT2D eigenvalue weighted by Gasteiger charge is -2.22. The zero-order valence-corrected chi connectivity index (χ0v) is 14.9. The van der Waals surface area contributed by atoms with Gasteiger partial charge in [-0.05, 0) is 37.0 Å². The molecule has 2 heterocycles. The number of carbonyl (C=O) groups is 1. The van der Waals surface area contributed by atoms with Gasteiger partial charge in [0.1, 0.15) is 5.82 Å². The van der Waals surface area contributed by atoms with E-state index in [1.165, 1.54) is 0 Å². The average molecular weight is 348 g/mol. The summed E-state index contributed by atoms with van der Waals surface area (Å²) in [5, 5.41) is 15.0. The molecule has 0 radical (unpaired) electrons. The van der Waals surface area contributed by atoms with E-state index in [9.17, 15) is 4.79 Å². The normalized spacial score (nSPS) is 14.5. The molecule has 0 fully saturated rings. The maximum absolute atomic E-state index is 12.4. The van der Waals surface area contributed by atoms with Crippen LogP contribution in [0.5, 0.6) is 0 Å². The van der Waals surface area contributed by atoms with Gasteiger partial charge in [0.15, 0.2) is 5.82 Å². The molecule has 0 bridgehead atoms. The van der Waals surface area contributed by atoms with Crippen LogP contribution >= 0.6 is 11.6 Å². The van der Waals surface area contributed by atoms with Crippen LogP contribution in [-0.4, -0.2) is 20.8 Å². The molecule has 1 atom stereocenters. The zero-order chi connectivity index (χ0) is 17.3. The predicted octanol–water partition coefficient (Wildman–Crippen LogP) is 3.70. The smallest absolute Gasteiger partial charge is 0.319 e. The number of rotatable bonds is 4. The standard InChI is InChI=1S/C17H22ClN5O/c1-10(2)15(16-22-21-14-5-4-8-23(14)16)20-17(24)19-12-7-6-11(3)13(18)9-12/h6-7,9-10,15H,4-5,8H2,1-3H3,(H2,19,20,24). The van der Waals surface area contributed by atoms with E-state index in [0.717, 1.165) is 36.6 Å². The summed E-state index contributed by atoms with van der Waals surface area (Å²) in [6.07, 6.45) is 2.03.